The Labute approximate surface area is 85.0 Å². The molecule has 1 rings (SSSR count). The van der Waals surface area contributed by atoms with Gasteiger partial charge in [0.1, 0.15) is 0 Å². The van der Waals surface area contributed by atoms with Crippen LogP contribution in [-0.4, -0.2) is 12.1 Å². The third kappa shape index (κ3) is 3.21. The molecule has 0 aromatic carbocycles. The van der Waals surface area contributed by atoms with Crippen LogP contribution in [0.5, 0.6) is 0 Å². The highest BCUT2D eigenvalue weighted by Gasteiger charge is 2.15. The highest BCUT2D eigenvalue weighted by atomic mass is 16.5. The predicted molar refractivity (Wildman–Crippen MR) is 56.8 cm³/mol. The molecule has 76 valence electrons. The van der Waals surface area contributed by atoms with Crippen molar-refractivity contribution in [3.63, 3.8) is 0 Å². The van der Waals surface area contributed by atoms with Crippen LogP contribution in [0.2, 0.25) is 0 Å². The van der Waals surface area contributed by atoms with Gasteiger partial charge >= 0.3 is 5.97 Å². The molecule has 0 heterocycles. The van der Waals surface area contributed by atoms with Crippen LogP contribution in [0.25, 0.3) is 0 Å². The molecule has 1 aliphatic rings. The maximum Gasteiger partial charge on any atom is 0.302 e. The second-order valence-corrected chi connectivity index (χ2v) is 3.58. The van der Waals surface area contributed by atoms with Crippen LogP contribution < -0.4 is 0 Å². The van der Waals surface area contributed by atoms with E-state index in [1.807, 2.05) is 25.2 Å². The standard InChI is InChI=1S/C12H16O2/c1-9-6-4-5-7-12(9)8-10(2)14-11(3)13/h4-7,10,12H,1,8H2,2-3H3. The van der Waals surface area contributed by atoms with Crippen LogP contribution in [0, 0.1) is 5.92 Å². The van der Waals surface area contributed by atoms with Crippen molar-refractivity contribution in [3.05, 3.63) is 36.5 Å². The van der Waals surface area contributed by atoms with Gasteiger partial charge in [0.2, 0.25) is 0 Å². The van der Waals surface area contributed by atoms with Gasteiger partial charge in [0.25, 0.3) is 0 Å². The summed E-state index contributed by atoms with van der Waals surface area (Å²) in [6.45, 7) is 7.29. The zero-order chi connectivity index (χ0) is 10.6. The van der Waals surface area contributed by atoms with Crippen molar-refractivity contribution in [3.8, 4) is 0 Å². The smallest absolute Gasteiger partial charge is 0.302 e. The van der Waals surface area contributed by atoms with Gasteiger partial charge in [0.05, 0.1) is 6.10 Å². The first-order valence-corrected chi connectivity index (χ1v) is 4.80. The summed E-state index contributed by atoms with van der Waals surface area (Å²) in [6, 6.07) is 0. The second kappa shape index (κ2) is 4.80. The summed E-state index contributed by atoms with van der Waals surface area (Å²) in [7, 11) is 0. The van der Waals surface area contributed by atoms with Gasteiger partial charge in [-0.2, -0.15) is 0 Å². The molecular formula is C12H16O2. The summed E-state index contributed by atoms with van der Waals surface area (Å²) >= 11 is 0. The minimum atomic E-state index is -0.224. The molecule has 0 fully saturated rings. The summed E-state index contributed by atoms with van der Waals surface area (Å²) < 4.78 is 5.06. The molecule has 2 heteroatoms. The van der Waals surface area contributed by atoms with Crippen molar-refractivity contribution < 1.29 is 9.53 Å². The lowest BCUT2D eigenvalue weighted by Gasteiger charge is -2.20. The van der Waals surface area contributed by atoms with Crippen LogP contribution >= 0.6 is 0 Å². The average molecular weight is 192 g/mol. The number of hydrogen-bond acceptors (Lipinski definition) is 2. The van der Waals surface area contributed by atoms with Gasteiger partial charge in [-0.15, -0.1) is 0 Å². The number of allylic oxidation sites excluding steroid dienone is 5. The Bertz CT molecular complexity index is 287. The molecule has 0 radical (unpaired) electrons. The molecule has 14 heavy (non-hydrogen) atoms. The van der Waals surface area contributed by atoms with Gasteiger partial charge in [0, 0.05) is 12.8 Å². The fraction of sp³-hybridized carbons (Fsp3) is 0.417. The first-order valence-electron chi connectivity index (χ1n) is 4.80. The summed E-state index contributed by atoms with van der Waals surface area (Å²) in [4.78, 5) is 10.7. The molecule has 0 aromatic rings. The monoisotopic (exact) mass is 192 g/mol. The van der Waals surface area contributed by atoms with E-state index >= 15 is 0 Å². The lowest BCUT2D eigenvalue weighted by atomic mass is 9.91. The van der Waals surface area contributed by atoms with Crippen LogP contribution in [0.4, 0.5) is 0 Å². The van der Waals surface area contributed by atoms with Gasteiger partial charge in [-0.05, 0) is 18.9 Å². The second-order valence-electron chi connectivity index (χ2n) is 3.58. The Balaban J connectivity index is 2.44. The number of rotatable bonds is 3. The van der Waals surface area contributed by atoms with Crippen LogP contribution in [0.3, 0.4) is 0 Å². The van der Waals surface area contributed by atoms with E-state index in [4.69, 9.17) is 4.74 Å². The maximum absolute atomic E-state index is 10.7. The Morgan fingerprint density at radius 3 is 2.93 bits per heavy atom. The molecule has 2 nitrogen and oxygen atoms in total. The third-order valence-electron chi connectivity index (χ3n) is 2.19. The largest absolute Gasteiger partial charge is 0.463 e. The van der Waals surface area contributed by atoms with Gasteiger partial charge < -0.3 is 4.74 Å². The quantitative estimate of drug-likeness (QED) is 0.642. The van der Waals surface area contributed by atoms with E-state index in [-0.39, 0.29) is 12.1 Å². The Hall–Kier alpha value is -1.31. The van der Waals surface area contributed by atoms with E-state index in [2.05, 4.69) is 12.7 Å². The van der Waals surface area contributed by atoms with Crippen molar-refractivity contribution in [1.82, 2.24) is 0 Å². The van der Waals surface area contributed by atoms with Crippen molar-refractivity contribution in [2.45, 2.75) is 26.4 Å². The van der Waals surface area contributed by atoms with Crippen molar-refractivity contribution >= 4 is 5.97 Å². The fourth-order valence-electron chi connectivity index (χ4n) is 1.54. The zero-order valence-electron chi connectivity index (χ0n) is 8.69. The van der Waals surface area contributed by atoms with E-state index in [1.54, 1.807) is 0 Å². The molecule has 2 unspecified atom stereocenters. The minimum absolute atomic E-state index is 0.0506. The summed E-state index contributed by atoms with van der Waals surface area (Å²) in [5.74, 6) is 0.0767. The van der Waals surface area contributed by atoms with E-state index in [0.29, 0.717) is 5.92 Å². The normalized spacial score (nSPS) is 22.1. The average Bonchev–Trinajstić information content (AvgIpc) is 2.07. The molecule has 1 aliphatic carbocycles. The highest BCUT2D eigenvalue weighted by molar-refractivity contribution is 5.66. The Morgan fingerprint density at radius 1 is 1.64 bits per heavy atom. The molecule has 0 aliphatic heterocycles. The van der Waals surface area contributed by atoms with Gasteiger partial charge in [-0.1, -0.05) is 30.9 Å². The molecule has 0 spiro atoms. The molecule has 2 atom stereocenters. The first kappa shape index (κ1) is 10.8. The molecule has 0 saturated heterocycles. The number of esters is 1. The molecule has 0 bridgehead atoms. The SMILES string of the molecule is C=C1C=CC=CC1CC(C)OC(C)=O. The summed E-state index contributed by atoms with van der Waals surface area (Å²) in [6.07, 6.45) is 8.80. The van der Waals surface area contributed by atoms with Crippen LogP contribution in [0.1, 0.15) is 20.3 Å². The topological polar surface area (TPSA) is 26.3 Å². The summed E-state index contributed by atoms with van der Waals surface area (Å²) in [5, 5.41) is 0. The van der Waals surface area contributed by atoms with E-state index in [0.717, 1.165) is 12.0 Å². The molecule has 0 saturated carbocycles. The van der Waals surface area contributed by atoms with Gasteiger partial charge in [0.15, 0.2) is 0 Å². The maximum atomic E-state index is 10.7. The van der Waals surface area contributed by atoms with Gasteiger partial charge in [-0.25, -0.2) is 0 Å². The Kier molecular flexibility index (Phi) is 3.69. The molecule has 0 aromatic heterocycles. The number of ether oxygens (including phenoxy) is 1. The van der Waals surface area contributed by atoms with E-state index < -0.39 is 0 Å². The highest BCUT2D eigenvalue weighted by Crippen LogP contribution is 2.22. The van der Waals surface area contributed by atoms with Crippen molar-refractivity contribution in [2.24, 2.45) is 5.92 Å². The predicted octanol–water partition coefficient (Wildman–Crippen LogP) is 2.63. The minimum Gasteiger partial charge on any atom is -0.463 e. The lowest BCUT2D eigenvalue weighted by molar-refractivity contribution is -0.145. The number of carbonyl (C=O) groups is 1. The lowest BCUT2D eigenvalue weighted by Crippen LogP contribution is -2.17. The number of hydrogen-bond donors (Lipinski definition) is 0. The Morgan fingerprint density at radius 2 is 2.36 bits per heavy atom. The zero-order valence-corrected chi connectivity index (χ0v) is 8.69. The number of carbonyl (C=O) groups excluding carboxylic acids is 1. The van der Waals surface area contributed by atoms with Gasteiger partial charge in [-0.3, -0.25) is 4.79 Å². The van der Waals surface area contributed by atoms with E-state index in [9.17, 15) is 4.79 Å². The molecular weight excluding hydrogens is 176 g/mol. The molecule has 0 N–H and O–H groups in total. The third-order valence-corrected chi connectivity index (χ3v) is 2.19. The molecule has 0 amide bonds. The fourth-order valence-corrected chi connectivity index (χ4v) is 1.54. The first-order chi connectivity index (χ1) is 6.59. The van der Waals surface area contributed by atoms with Crippen molar-refractivity contribution in [2.75, 3.05) is 0 Å². The van der Waals surface area contributed by atoms with Crippen LogP contribution in [0.15, 0.2) is 36.5 Å². The summed E-state index contributed by atoms with van der Waals surface area (Å²) in [5.41, 5.74) is 1.08. The van der Waals surface area contributed by atoms with Crippen LogP contribution in [-0.2, 0) is 9.53 Å². The van der Waals surface area contributed by atoms with E-state index in [1.165, 1.54) is 6.92 Å². The van der Waals surface area contributed by atoms with Crippen molar-refractivity contribution in [1.29, 1.82) is 0 Å².